The topological polar surface area (TPSA) is 108 Å². The quantitative estimate of drug-likeness (QED) is 0.156. The Bertz CT molecular complexity index is 1430. The van der Waals surface area contributed by atoms with Crippen molar-refractivity contribution in [2.45, 2.75) is 71.1 Å². The molecular weight excluding hydrogens is 586 g/mol. The van der Waals surface area contributed by atoms with Crippen LogP contribution in [0.5, 0.6) is 5.75 Å². The lowest BCUT2D eigenvalue weighted by Gasteiger charge is -2.32. The van der Waals surface area contributed by atoms with Gasteiger partial charge >= 0.3 is 12.1 Å². The highest BCUT2D eigenvalue weighted by Gasteiger charge is 2.33. The Hall–Kier alpha value is -4.12. The summed E-state index contributed by atoms with van der Waals surface area (Å²) < 4.78 is 28.8. The Balaban J connectivity index is 0.869. The smallest absolute Gasteiger partial charge is 0.410 e. The number of ether oxygens (including phenoxy) is 5. The zero-order valence-electron chi connectivity index (χ0n) is 26.8. The first-order valence-corrected chi connectivity index (χ1v) is 16.1. The van der Waals surface area contributed by atoms with Gasteiger partial charge in [-0.25, -0.2) is 9.59 Å². The van der Waals surface area contributed by atoms with Crippen LogP contribution in [0, 0.1) is 0 Å². The molecule has 2 heterocycles. The van der Waals surface area contributed by atoms with Crippen LogP contribution in [0.15, 0.2) is 72.8 Å². The van der Waals surface area contributed by atoms with Crippen molar-refractivity contribution in [2.75, 3.05) is 43.5 Å². The minimum atomic E-state index is -0.632. The van der Waals surface area contributed by atoms with E-state index in [0.29, 0.717) is 51.8 Å². The summed E-state index contributed by atoms with van der Waals surface area (Å²) in [6, 6.07) is 22.6. The van der Waals surface area contributed by atoms with Crippen molar-refractivity contribution >= 4 is 23.5 Å². The third kappa shape index (κ3) is 10.2. The molecule has 1 saturated heterocycles. The van der Waals surface area contributed by atoms with E-state index < -0.39 is 5.79 Å². The number of fused-ring (bicyclic) bond motifs is 1. The molecule has 10 nitrogen and oxygen atoms in total. The first-order valence-electron chi connectivity index (χ1n) is 16.1. The third-order valence-electron chi connectivity index (χ3n) is 7.85. The molecular formula is C36H45N3O7. The van der Waals surface area contributed by atoms with E-state index in [-0.39, 0.29) is 18.2 Å². The molecule has 0 spiro atoms. The number of rotatable bonds is 16. The molecule has 1 fully saturated rings. The lowest BCUT2D eigenvalue weighted by molar-refractivity contribution is -0.180. The molecule has 5 rings (SSSR count). The predicted octanol–water partition coefficient (Wildman–Crippen LogP) is 7.65. The fourth-order valence-corrected chi connectivity index (χ4v) is 5.42. The maximum absolute atomic E-state index is 12.4. The van der Waals surface area contributed by atoms with Crippen molar-refractivity contribution in [3.05, 3.63) is 89.5 Å². The second-order valence-electron chi connectivity index (χ2n) is 12.1. The molecule has 0 aromatic heterocycles. The normalized spacial score (nSPS) is 16.8. The van der Waals surface area contributed by atoms with E-state index in [1.807, 2.05) is 86.6 Å². The van der Waals surface area contributed by atoms with E-state index in [4.69, 9.17) is 23.7 Å². The second-order valence-corrected chi connectivity index (χ2v) is 12.1. The van der Waals surface area contributed by atoms with Gasteiger partial charge in [0.1, 0.15) is 11.9 Å². The fourth-order valence-electron chi connectivity index (χ4n) is 5.42. The molecule has 2 N–H and O–H groups in total. The van der Waals surface area contributed by atoms with Crippen LogP contribution in [-0.2, 0) is 32.2 Å². The summed E-state index contributed by atoms with van der Waals surface area (Å²) in [7, 11) is 0. The molecule has 46 heavy (non-hydrogen) atoms. The zero-order valence-corrected chi connectivity index (χ0v) is 26.8. The van der Waals surface area contributed by atoms with Gasteiger partial charge in [0.2, 0.25) is 5.79 Å². The number of anilines is 2. The zero-order chi connectivity index (χ0) is 32.2. The highest BCUT2D eigenvalue weighted by molar-refractivity contribution is 5.99. The lowest BCUT2D eigenvalue weighted by Crippen LogP contribution is -2.35. The largest absolute Gasteiger partial charge is 0.463 e. The Morgan fingerprint density at radius 3 is 2.50 bits per heavy atom. The van der Waals surface area contributed by atoms with Crippen LogP contribution in [0.4, 0.5) is 21.0 Å². The fraction of sp³-hybridized carbons (Fsp3) is 0.444. The molecule has 3 amide bonds. The van der Waals surface area contributed by atoms with Crippen molar-refractivity contribution in [3.63, 3.8) is 0 Å². The maximum atomic E-state index is 12.4. The van der Waals surface area contributed by atoms with Gasteiger partial charge in [0, 0.05) is 43.9 Å². The van der Waals surface area contributed by atoms with Gasteiger partial charge in [0.25, 0.3) is 0 Å². The molecule has 1 unspecified atom stereocenters. The van der Waals surface area contributed by atoms with Crippen molar-refractivity contribution in [3.8, 4) is 5.75 Å². The van der Waals surface area contributed by atoms with Crippen LogP contribution in [-0.4, -0.2) is 55.7 Å². The van der Waals surface area contributed by atoms with E-state index in [1.54, 1.807) is 4.90 Å². The molecule has 0 saturated carbocycles. The second kappa shape index (κ2) is 16.4. The Kier molecular flexibility index (Phi) is 11.9. The summed E-state index contributed by atoms with van der Waals surface area (Å²) >= 11 is 0. The summed E-state index contributed by atoms with van der Waals surface area (Å²) in [6.45, 7) is 7.73. The molecule has 0 aliphatic carbocycles. The van der Waals surface area contributed by atoms with E-state index in [1.165, 1.54) is 0 Å². The maximum Gasteiger partial charge on any atom is 0.410 e. The molecule has 0 bridgehead atoms. The van der Waals surface area contributed by atoms with Gasteiger partial charge in [-0.15, -0.1) is 0 Å². The summed E-state index contributed by atoms with van der Waals surface area (Å²) in [5, 5.41) is 5.65. The van der Waals surface area contributed by atoms with Gasteiger partial charge in [-0.05, 0) is 60.4 Å². The molecule has 2 aliphatic heterocycles. The Labute approximate surface area is 271 Å². The first kappa shape index (κ1) is 33.2. The standard InChI is InChI=1S/C36H45N3O7/c1-36(2)44-26-29-23-28(16-17-32(29)46-36)33-24-39(35(41)45-33)18-9-4-3-5-10-19-42-20-21-43-25-27-12-11-15-31(22-27)38-34(40)37-30-13-7-6-8-14-30/h6-8,11-17,22-23,33H,3-5,9-10,18-21,24-26H2,1-2H3,(H2,37,38,40). The molecule has 0 radical (unpaired) electrons. The summed E-state index contributed by atoms with van der Waals surface area (Å²) in [5.74, 6) is 0.187. The lowest BCUT2D eigenvalue weighted by atomic mass is 10.0. The molecule has 246 valence electrons. The highest BCUT2D eigenvalue weighted by atomic mass is 16.7. The van der Waals surface area contributed by atoms with Gasteiger partial charge in [-0.2, -0.15) is 0 Å². The molecule has 3 aromatic rings. The van der Waals surface area contributed by atoms with Crippen molar-refractivity contribution < 1.29 is 33.3 Å². The SMILES string of the molecule is CC1(C)OCc2cc(C3CN(CCCCCCCOCCOCc4cccc(NC(=O)Nc5ccccc5)c4)C(=O)O3)ccc2O1. The summed E-state index contributed by atoms with van der Waals surface area (Å²) in [5.41, 5.74) is 4.36. The highest BCUT2D eigenvalue weighted by Crippen LogP contribution is 2.35. The van der Waals surface area contributed by atoms with E-state index in [9.17, 15) is 9.59 Å². The van der Waals surface area contributed by atoms with E-state index >= 15 is 0 Å². The summed E-state index contributed by atoms with van der Waals surface area (Å²) in [4.78, 5) is 26.5. The number of hydrogen-bond acceptors (Lipinski definition) is 7. The number of nitrogens with one attached hydrogen (secondary N) is 2. The molecule has 1 atom stereocenters. The number of urea groups is 1. The van der Waals surface area contributed by atoms with Crippen LogP contribution in [0.3, 0.4) is 0 Å². The number of benzene rings is 3. The monoisotopic (exact) mass is 631 g/mol. The first-order chi connectivity index (χ1) is 22.3. The minimum absolute atomic E-state index is 0.248. The van der Waals surface area contributed by atoms with Crippen LogP contribution < -0.4 is 15.4 Å². The van der Waals surface area contributed by atoms with Crippen LogP contribution in [0.1, 0.15) is 68.7 Å². The van der Waals surface area contributed by atoms with E-state index in [2.05, 4.69) is 10.6 Å². The number of unbranched alkanes of at least 4 members (excludes halogenated alkanes) is 4. The number of para-hydroxylation sites is 1. The van der Waals surface area contributed by atoms with Gasteiger partial charge < -0.3 is 39.2 Å². The summed E-state index contributed by atoms with van der Waals surface area (Å²) in [6.07, 6.45) is 4.67. The van der Waals surface area contributed by atoms with Gasteiger partial charge in [0.05, 0.1) is 33.0 Å². The van der Waals surface area contributed by atoms with Crippen LogP contribution >= 0.6 is 0 Å². The number of cyclic esters (lactones) is 1. The van der Waals surface area contributed by atoms with Gasteiger partial charge in [0.15, 0.2) is 0 Å². The van der Waals surface area contributed by atoms with Crippen LogP contribution in [0.2, 0.25) is 0 Å². The number of nitrogens with zero attached hydrogens (tertiary/aromatic N) is 1. The Morgan fingerprint density at radius 1 is 0.870 bits per heavy atom. The van der Waals surface area contributed by atoms with Gasteiger partial charge in [-0.3, -0.25) is 0 Å². The van der Waals surface area contributed by atoms with Crippen LogP contribution in [0.25, 0.3) is 0 Å². The number of carbonyl (C=O) groups is 2. The van der Waals surface area contributed by atoms with Crippen molar-refractivity contribution in [2.24, 2.45) is 0 Å². The number of hydrogen-bond donors (Lipinski definition) is 2. The molecule has 2 aliphatic rings. The predicted molar refractivity (Wildman–Crippen MR) is 176 cm³/mol. The molecule has 3 aromatic carbocycles. The average Bonchev–Trinajstić information content (AvgIpc) is 3.41. The van der Waals surface area contributed by atoms with E-state index in [0.717, 1.165) is 60.2 Å². The van der Waals surface area contributed by atoms with Crippen molar-refractivity contribution in [1.82, 2.24) is 4.90 Å². The molecule has 10 heteroatoms. The number of carbonyl (C=O) groups excluding carboxylic acids is 2. The Morgan fingerprint density at radius 2 is 1.63 bits per heavy atom. The number of amides is 3. The average molecular weight is 632 g/mol. The van der Waals surface area contributed by atoms with Gasteiger partial charge in [-0.1, -0.05) is 55.7 Å². The minimum Gasteiger partial charge on any atom is -0.463 e. The van der Waals surface area contributed by atoms with Crippen molar-refractivity contribution in [1.29, 1.82) is 0 Å². The third-order valence-corrected chi connectivity index (χ3v) is 7.85.